The molecular formula is C30H69ClN4O5. The van der Waals surface area contributed by atoms with Crippen molar-refractivity contribution in [2.24, 2.45) is 23.2 Å². The van der Waals surface area contributed by atoms with Crippen LogP contribution in [0.2, 0.25) is 0 Å². The van der Waals surface area contributed by atoms with Crippen LogP contribution in [-0.2, 0) is 4.74 Å². The molecule has 0 aromatic carbocycles. The maximum Gasteiger partial charge on any atom is 0.0998 e. The number of piperidine rings is 1. The Kier molecular flexibility index (Phi) is 22.2. The summed E-state index contributed by atoms with van der Waals surface area (Å²) in [6, 6.07) is 0.565. The number of hydrogen-bond acceptors (Lipinski definition) is 5. The van der Waals surface area contributed by atoms with E-state index in [1.54, 1.807) is 0 Å². The van der Waals surface area contributed by atoms with Crippen LogP contribution in [0.5, 0.6) is 0 Å². The number of alkyl halides is 1. The third kappa shape index (κ3) is 14.4. The smallest absolute Gasteiger partial charge is 0.0998 e. The van der Waals surface area contributed by atoms with E-state index < -0.39 is 0 Å². The van der Waals surface area contributed by atoms with Crippen molar-refractivity contribution in [3.63, 3.8) is 0 Å². The minimum atomic E-state index is -0.0544. The molecule has 9 N–H and O–H groups in total. The standard InChI is InChI=1S/C29H57ClN4O.CH4.4H2O/c1-23(2)27(31-13-15-32-16-18-33(19-17-32)22-35-28(3,4)5)20-34-14-12-26(29(6,7)21-34)24-8-10-25(30)11-9-24;;;;;/h23-27,31H,8-22H2,1-7H3;1H4;4*1H2/t24?,25?,26?,27-;;;;;/m0...../s1. The number of nitrogens with one attached hydrogen (secondary N) is 1. The second-order valence-corrected chi connectivity index (χ2v) is 14.4. The third-order valence-electron chi connectivity index (χ3n) is 8.90. The first kappa shape index (κ1) is 44.4. The molecule has 2 aliphatic heterocycles. The van der Waals surface area contributed by atoms with E-state index in [0.29, 0.717) is 22.8 Å². The maximum absolute atomic E-state index is 6.40. The fraction of sp³-hybridized carbons (Fsp3) is 1.00. The van der Waals surface area contributed by atoms with Crippen molar-refractivity contribution in [2.75, 3.05) is 65.6 Å². The molecule has 0 bridgehead atoms. The summed E-state index contributed by atoms with van der Waals surface area (Å²) in [6.45, 7) is 27.4. The molecule has 9 nitrogen and oxygen atoms in total. The van der Waals surface area contributed by atoms with Crippen LogP contribution in [-0.4, -0.2) is 119 Å². The largest absolute Gasteiger partial charge is 0.412 e. The quantitative estimate of drug-likeness (QED) is 0.381. The lowest BCUT2D eigenvalue weighted by atomic mass is 9.64. The van der Waals surface area contributed by atoms with Crippen molar-refractivity contribution in [1.82, 2.24) is 20.0 Å². The van der Waals surface area contributed by atoms with Gasteiger partial charge >= 0.3 is 0 Å². The molecule has 1 saturated carbocycles. The summed E-state index contributed by atoms with van der Waals surface area (Å²) in [5.41, 5.74) is 0.348. The number of likely N-dealkylation sites (tertiary alicyclic amines) is 1. The van der Waals surface area contributed by atoms with Crippen molar-refractivity contribution < 1.29 is 26.6 Å². The molecule has 0 aromatic heterocycles. The molecule has 1 unspecified atom stereocenters. The summed E-state index contributed by atoms with van der Waals surface area (Å²) in [7, 11) is 0. The van der Waals surface area contributed by atoms with Gasteiger partial charge in [0.15, 0.2) is 0 Å². The van der Waals surface area contributed by atoms with Gasteiger partial charge < -0.3 is 36.9 Å². The van der Waals surface area contributed by atoms with Gasteiger partial charge in [0.05, 0.1) is 12.3 Å². The predicted molar refractivity (Wildman–Crippen MR) is 171 cm³/mol. The second-order valence-electron chi connectivity index (χ2n) is 13.8. The van der Waals surface area contributed by atoms with Crippen LogP contribution in [0.4, 0.5) is 0 Å². The van der Waals surface area contributed by atoms with Crippen molar-refractivity contribution in [1.29, 1.82) is 0 Å². The number of rotatable bonds is 10. The van der Waals surface area contributed by atoms with Crippen LogP contribution in [0.15, 0.2) is 0 Å². The summed E-state index contributed by atoms with van der Waals surface area (Å²) in [6.07, 6.45) is 6.49. The Labute approximate surface area is 251 Å². The Hall–Kier alpha value is -0.0700. The predicted octanol–water partition coefficient (Wildman–Crippen LogP) is 2.47. The number of halogens is 1. The van der Waals surface area contributed by atoms with Gasteiger partial charge in [-0.15, -0.1) is 11.6 Å². The molecule has 1 aliphatic carbocycles. The number of nitrogens with zero attached hydrogens (tertiary/aromatic N) is 3. The molecule has 40 heavy (non-hydrogen) atoms. The fourth-order valence-corrected chi connectivity index (χ4v) is 6.87. The topological polar surface area (TPSA) is 157 Å². The summed E-state index contributed by atoms with van der Waals surface area (Å²) in [5, 5.41) is 4.37. The van der Waals surface area contributed by atoms with E-state index in [1.807, 2.05) is 0 Å². The monoisotopic (exact) mass is 600 g/mol. The molecule has 2 heterocycles. The van der Waals surface area contributed by atoms with E-state index in [0.717, 1.165) is 57.8 Å². The van der Waals surface area contributed by atoms with Gasteiger partial charge in [-0.25, -0.2) is 0 Å². The molecule has 246 valence electrons. The fourth-order valence-electron chi connectivity index (χ4n) is 6.62. The lowest BCUT2D eigenvalue weighted by Gasteiger charge is -2.49. The van der Waals surface area contributed by atoms with Crippen LogP contribution in [0.1, 0.15) is 88.0 Å². The Morgan fingerprint density at radius 2 is 1.40 bits per heavy atom. The highest BCUT2D eigenvalue weighted by atomic mass is 35.5. The first-order chi connectivity index (χ1) is 16.4. The highest BCUT2D eigenvalue weighted by Crippen LogP contribution is 2.45. The van der Waals surface area contributed by atoms with E-state index in [-0.39, 0.29) is 34.9 Å². The van der Waals surface area contributed by atoms with Gasteiger partial charge in [0.1, 0.15) is 0 Å². The number of ether oxygens (including phenoxy) is 1. The molecule has 3 fully saturated rings. The van der Waals surface area contributed by atoms with Crippen molar-refractivity contribution in [2.45, 2.75) is 105 Å². The lowest BCUT2D eigenvalue weighted by molar-refractivity contribution is -0.0738. The first-order valence-corrected chi connectivity index (χ1v) is 15.0. The van der Waals surface area contributed by atoms with E-state index in [2.05, 4.69) is 68.5 Å². The van der Waals surface area contributed by atoms with Crippen LogP contribution >= 0.6 is 11.6 Å². The molecule has 2 saturated heterocycles. The molecular weight excluding hydrogens is 532 g/mol. The molecule has 2 atom stereocenters. The molecule has 3 aliphatic rings. The maximum atomic E-state index is 6.40. The normalized spacial score (nSPS) is 26.8. The summed E-state index contributed by atoms with van der Waals surface area (Å²) < 4.78 is 5.96. The minimum absolute atomic E-state index is 0. The van der Waals surface area contributed by atoms with Crippen LogP contribution in [0.25, 0.3) is 0 Å². The lowest BCUT2D eigenvalue weighted by Crippen LogP contribution is -2.54. The van der Waals surface area contributed by atoms with E-state index in [1.165, 1.54) is 51.7 Å². The van der Waals surface area contributed by atoms with E-state index >= 15 is 0 Å². The number of hydrogen-bond donors (Lipinski definition) is 1. The molecule has 0 spiro atoms. The molecule has 10 heteroatoms. The zero-order chi connectivity index (χ0) is 25.6. The SMILES string of the molecule is C.CC(C)[C@H](CN1CCC(C2CCC(Cl)CC2)C(C)(C)C1)NCCN1CCN(COC(C)(C)C)CC1.O.O.O.O. The van der Waals surface area contributed by atoms with Gasteiger partial charge in [0, 0.05) is 63.8 Å². The van der Waals surface area contributed by atoms with Gasteiger partial charge in [0.2, 0.25) is 0 Å². The van der Waals surface area contributed by atoms with Gasteiger partial charge in [0.25, 0.3) is 0 Å². The third-order valence-corrected chi connectivity index (χ3v) is 9.34. The van der Waals surface area contributed by atoms with E-state index in [4.69, 9.17) is 16.3 Å². The van der Waals surface area contributed by atoms with Crippen molar-refractivity contribution in [3.05, 3.63) is 0 Å². The van der Waals surface area contributed by atoms with Crippen molar-refractivity contribution in [3.8, 4) is 0 Å². The number of piperazine rings is 1. The highest BCUT2D eigenvalue weighted by Gasteiger charge is 2.41. The summed E-state index contributed by atoms with van der Waals surface area (Å²) in [5.74, 6) is 2.41. The Morgan fingerprint density at radius 1 is 0.850 bits per heavy atom. The van der Waals surface area contributed by atoms with Gasteiger partial charge in [-0.05, 0) is 82.6 Å². The zero-order valence-corrected chi connectivity index (χ0v) is 26.9. The zero-order valence-electron chi connectivity index (χ0n) is 26.1. The highest BCUT2D eigenvalue weighted by molar-refractivity contribution is 6.20. The Morgan fingerprint density at radius 3 is 1.90 bits per heavy atom. The van der Waals surface area contributed by atoms with Gasteiger partial charge in [-0.3, -0.25) is 9.80 Å². The van der Waals surface area contributed by atoms with Crippen molar-refractivity contribution >= 4 is 11.6 Å². The molecule has 0 aromatic rings. The summed E-state index contributed by atoms with van der Waals surface area (Å²) >= 11 is 6.40. The molecule has 0 amide bonds. The molecule has 0 radical (unpaired) electrons. The minimum Gasteiger partial charge on any atom is -0.412 e. The second kappa shape index (κ2) is 20.0. The van der Waals surface area contributed by atoms with Gasteiger partial charge in [-0.2, -0.15) is 0 Å². The average molecular weight is 601 g/mol. The van der Waals surface area contributed by atoms with Gasteiger partial charge in [-0.1, -0.05) is 35.1 Å². The first-order valence-electron chi connectivity index (χ1n) is 14.6. The van der Waals surface area contributed by atoms with Crippen LogP contribution in [0.3, 0.4) is 0 Å². The van der Waals surface area contributed by atoms with E-state index in [9.17, 15) is 0 Å². The van der Waals surface area contributed by atoms with Crippen LogP contribution < -0.4 is 5.32 Å². The Balaban J connectivity index is -0.00000274. The Bertz CT molecular complexity index is 622. The van der Waals surface area contributed by atoms with Crippen LogP contribution in [0, 0.1) is 23.2 Å². The average Bonchev–Trinajstić information content (AvgIpc) is 2.77. The summed E-state index contributed by atoms with van der Waals surface area (Å²) in [4.78, 5) is 7.82. The molecule has 3 rings (SSSR count).